The van der Waals surface area contributed by atoms with Crippen molar-refractivity contribution >= 4 is 12.0 Å². The van der Waals surface area contributed by atoms with Gasteiger partial charge in [-0.25, -0.2) is 4.79 Å². The molecule has 0 unspecified atom stereocenters. The highest BCUT2D eigenvalue weighted by atomic mass is 16.5. The van der Waals surface area contributed by atoms with Crippen molar-refractivity contribution in [1.29, 1.82) is 0 Å². The molecule has 1 aliphatic rings. The van der Waals surface area contributed by atoms with Crippen LogP contribution in [0.15, 0.2) is 24.3 Å². The second kappa shape index (κ2) is 12.6. The second-order valence-corrected chi connectivity index (χ2v) is 7.74. The highest BCUT2D eigenvalue weighted by molar-refractivity contribution is 5.86. The average molecular weight is 373 g/mol. The van der Waals surface area contributed by atoms with Crippen molar-refractivity contribution in [1.82, 2.24) is 0 Å². The molecule has 1 aromatic rings. The fraction of sp³-hybridized carbons (Fsp3) is 0.625. The van der Waals surface area contributed by atoms with Crippen LogP contribution in [0.25, 0.3) is 6.08 Å². The Balaban J connectivity index is 1.89. The zero-order valence-electron chi connectivity index (χ0n) is 16.9. The van der Waals surface area contributed by atoms with Crippen molar-refractivity contribution in [2.45, 2.75) is 89.9 Å². The molecule has 0 spiro atoms. The highest BCUT2D eigenvalue weighted by Crippen LogP contribution is 2.40. The first-order valence-electron chi connectivity index (χ1n) is 10.9. The Hall–Kier alpha value is -1.77. The molecule has 150 valence electrons. The van der Waals surface area contributed by atoms with Crippen LogP contribution in [0.5, 0.6) is 5.75 Å². The summed E-state index contributed by atoms with van der Waals surface area (Å²) in [4.78, 5) is 10.9. The number of aliphatic carboxylic acids is 1. The minimum Gasteiger partial charge on any atom is -0.493 e. The third kappa shape index (κ3) is 7.78. The summed E-state index contributed by atoms with van der Waals surface area (Å²) in [6.07, 6.45) is 18.1. The normalized spacial score (nSPS) is 14.9. The molecule has 3 nitrogen and oxygen atoms in total. The van der Waals surface area contributed by atoms with E-state index in [0.29, 0.717) is 12.5 Å². The number of ether oxygens (including phenoxy) is 1. The first-order chi connectivity index (χ1) is 13.2. The van der Waals surface area contributed by atoms with Gasteiger partial charge in [0.25, 0.3) is 0 Å². The molecule has 0 aliphatic heterocycles. The molecule has 0 heterocycles. The maximum atomic E-state index is 10.9. The Labute approximate surface area is 164 Å². The quantitative estimate of drug-likeness (QED) is 0.301. The van der Waals surface area contributed by atoms with Crippen LogP contribution in [-0.2, 0) is 4.79 Å². The number of rotatable bonds is 13. The largest absolute Gasteiger partial charge is 0.493 e. The van der Waals surface area contributed by atoms with Gasteiger partial charge in [-0.1, -0.05) is 82.9 Å². The fourth-order valence-corrected chi connectivity index (χ4v) is 4.00. The number of hydrogen-bond donors (Lipinski definition) is 1. The third-order valence-electron chi connectivity index (χ3n) is 5.52. The number of carboxylic acid groups (broad SMARTS) is 1. The van der Waals surface area contributed by atoms with E-state index < -0.39 is 5.97 Å². The average Bonchev–Trinajstić information content (AvgIpc) is 3.20. The monoisotopic (exact) mass is 372 g/mol. The molecular formula is C24H36O3. The Kier molecular flexibility index (Phi) is 10.0. The van der Waals surface area contributed by atoms with E-state index in [2.05, 4.69) is 13.0 Å². The summed E-state index contributed by atoms with van der Waals surface area (Å²) in [5.74, 6) is 0.539. The van der Waals surface area contributed by atoms with E-state index in [1.807, 2.05) is 12.1 Å². The van der Waals surface area contributed by atoms with E-state index >= 15 is 0 Å². The summed E-state index contributed by atoms with van der Waals surface area (Å²) in [5.41, 5.74) is 2.15. The van der Waals surface area contributed by atoms with Gasteiger partial charge in [0.15, 0.2) is 0 Å². The van der Waals surface area contributed by atoms with Gasteiger partial charge in [-0.3, -0.25) is 0 Å². The first-order valence-corrected chi connectivity index (χ1v) is 10.9. The van der Waals surface area contributed by atoms with Crippen LogP contribution < -0.4 is 4.74 Å². The Morgan fingerprint density at radius 3 is 2.41 bits per heavy atom. The summed E-state index contributed by atoms with van der Waals surface area (Å²) in [6.45, 7) is 2.97. The van der Waals surface area contributed by atoms with Gasteiger partial charge in [0.05, 0.1) is 6.61 Å². The van der Waals surface area contributed by atoms with Gasteiger partial charge in [-0.05, 0) is 36.8 Å². The minimum absolute atomic E-state index is 0.553. The SMILES string of the molecule is CCCCCCCCCCOc1c(C=CC(=O)O)cccc1C1CCCC1. The molecule has 1 aliphatic carbocycles. The summed E-state index contributed by atoms with van der Waals surface area (Å²) >= 11 is 0. The van der Waals surface area contributed by atoms with Gasteiger partial charge in [0, 0.05) is 11.6 Å². The standard InChI is InChI=1S/C24H36O3/c1-2-3-4-5-6-7-8-11-19-27-24-21(17-18-23(25)26)15-12-16-22(24)20-13-9-10-14-20/h12,15-18,20H,2-11,13-14,19H2,1H3,(H,25,26). The number of para-hydroxylation sites is 1. The molecule has 1 saturated carbocycles. The summed E-state index contributed by atoms with van der Waals surface area (Å²) < 4.78 is 6.21. The van der Waals surface area contributed by atoms with Crippen LogP contribution >= 0.6 is 0 Å². The predicted molar refractivity (Wildman–Crippen MR) is 112 cm³/mol. The van der Waals surface area contributed by atoms with Crippen LogP contribution in [0, 0.1) is 0 Å². The Bertz CT molecular complexity index is 585. The molecule has 27 heavy (non-hydrogen) atoms. The molecule has 0 bridgehead atoms. The minimum atomic E-state index is -0.921. The van der Waals surface area contributed by atoms with E-state index in [1.165, 1.54) is 82.3 Å². The lowest BCUT2D eigenvalue weighted by Gasteiger charge is -2.18. The van der Waals surface area contributed by atoms with Crippen molar-refractivity contribution in [3.63, 3.8) is 0 Å². The molecule has 1 N–H and O–H groups in total. The lowest BCUT2D eigenvalue weighted by molar-refractivity contribution is -0.131. The highest BCUT2D eigenvalue weighted by Gasteiger charge is 2.21. The zero-order chi connectivity index (χ0) is 19.3. The summed E-state index contributed by atoms with van der Waals surface area (Å²) in [5, 5.41) is 8.97. The van der Waals surface area contributed by atoms with Crippen LogP contribution in [0.2, 0.25) is 0 Å². The maximum absolute atomic E-state index is 10.9. The summed E-state index contributed by atoms with van der Waals surface area (Å²) in [6, 6.07) is 6.15. The van der Waals surface area contributed by atoms with E-state index in [-0.39, 0.29) is 0 Å². The van der Waals surface area contributed by atoms with Crippen molar-refractivity contribution in [3.8, 4) is 5.75 Å². The van der Waals surface area contributed by atoms with E-state index in [9.17, 15) is 4.79 Å². The lowest BCUT2D eigenvalue weighted by Crippen LogP contribution is -2.04. The molecule has 0 aromatic heterocycles. The molecule has 2 rings (SSSR count). The van der Waals surface area contributed by atoms with Crippen molar-refractivity contribution in [3.05, 3.63) is 35.4 Å². The molecule has 1 aromatic carbocycles. The van der Waals surface area contributed by atoms with Gasteiger partial charge in [-0.2, -0.15) is 0 Å². The van der Waals surface area contributed by atoms with Crippen LogP contribution in [0.1, 0.15) is 101 Å². The van der Waals surface area contributed by atoms with Crippen molar-refractivity contribution in [2.24, 2.45) is 0 Å². The predicted octanol–water partition coefficient (Wildman–Crippen LogP) is 6.96. The van der Waals surface area contributed by atoms with Crippen LogP contribution in [0.4, 0.5) is 0 Å². The van der Waals surface area contributed by atoms with Crippen LogP contribution in [-0.4, -0.2) is 17.7 Å². The van der Waals surface area contributed by atoms with E-state index in [0.717, 1.165) is 17.7 Å². The Morgan fingerprint density at radius 1 is 1.07 bits per heavy atom. The smallest absolute Gasteiger partial charge is 0.328 e. The second-order valence-electron chi connectivity index (χ2n) is 7.74. The fourth-order valence-electron chi connectivity index (χ4n) is 4.00. The molecule has 0 radical (unpaired) electrons. The van der Waals surface area contributed by atoms with E-state index in [4.69, 9.17) is 9.84 Å². The molecule has 3 heteroatoms. The lowest BCUT2D eigenvalue weighted by atomic mass is 9.94. The summed E-state index contributed by atoms with van der Waals surface area (Å²) in [7, 11) is 0. The van der Waals surface area contributed by atoms with Crippen molar-refractivity contribution < 1.29 is 14.6 Å². The molecule has 0 saturated heterocycles. The maximum Gasteiger partial charge on any atom is 0.328 e. The molecule has 0 amide bonds. The van der Waals surface area contributed by atoms with Gasteiger partial charge >= 0.3 is 5.97 Å². The first kappa shape index (κ1) is 21.5. The van der Waals surface area contributed by atoms with Gasteiger partial charge in [-0.15, -0.1) is 0 Å². The number of carboxylic acids is 1. The number of unbranched alkanes of at least 4 members (excludes halogenated alkanes) is 7. The van der Waals surface area contributed by atoms with Crippen molar-refractivity contribution in [2.75, 3.05) is 6.61 Å². The number of carbonyl (C=O) groups is 1. The van der Waals surface area contributed by atoms with Crippen LogP contribution in [0.3, 0.4) is 0 Å². The van der Waals surface area contributed by atoms with Gasteiger partial charge in [0.1, 0.15) is 5.75 Å². The molecule has 1 fully saturated rings. The van der Waals surface area contributed by atoms with E-state index in [1.54, 1.807) is 6.08 Å². The Morgan fingerprint density at radius 2 is 1.74 bits per heavy atom. The molecule has 0 atom stereocenters. The molecular weight excluding hydrogens is 336 g/mol. The topological polar surface area (TPSA) is 46.5 Å². The van der Waals surface area contributed by atoms with Gasteiger partial charge < -0.3 is 9.84 Å². The number of hydrogen-bond acceptors (Lipinski definition) is 2. The third-order valence-corrected chi connectivity index (χ3v) is 5.52. The van der Waals surface area contributed by atoms with Gasteiger partial charge in [0.2, 0.25) is 0 Å². The zero-order valence-corrected chi connectivity index (χ0v) is 16.9. The number of benzene rings is 1.